The topological polar surface area (TPSA) is 0 Å². The second kappa shape index (κ2) is 8.76. The summed E-state index contributed by atoms with van der Waals surface area (Å²) < 4.78 is 0. The van der Waals surface area contributed by atoms with Gasteiger partial charge in [0, 0.05) is 27.1 Å². The smallest absolute Gasteiger partial charge is 0.154 e. The van der Waals surface area contributed by atoms with Gasteiger partial charge >= 0.3 is 0 Å². The van der Waals surface area contributed by atoms with Crippen LogP contribution in [0.25, 0.3) is 0 Å². The van der Waals surface area contributed by atoms with Crippen LogP contribution in [-0.2, 0) is 0 Å². The van der Waals surface area contributed by atoms with Crippen LogP contribution in [0.1, 0.15) is 55.4 Å². The SMILES string of the molecule is CC1=CC=CC2C([Si](Cl)(c3ccccc3)c3ccccc3)C3(C)C4(C)C=CC=CC4(C)C4(C)C=CC=CC4(C)C3(C)C12C. The first-order valence-electron chi connectivity index (χ1n) is 16.2. The van der Waals surface area contributed by atoms with Crippen molar-refractivity contribution in [2.24, 2.45) is 43.8 Å². The molecular weight excluding hydrogens is 556 g/mol. The molecule has 0 heterocycles. The van der Waals surface area contributed by atoms with Gasteiger partial charge in [0.15, 0.2) is 0 Å². The molecular formula is C41H47ClSi. The maximum absolute atomic E-state index is 8.70. The van der Waals surface area contributed by atoms with E-state index in [4.69, 9.17) is 11.1 Å². The number of hydrogen-bond acceptors (Lipinski definition) is 0. The highest BCUT2D eigenvalue weighted by Crippen LogP contribution is 2.92. The van der Waals surface area contributed by atoms with Crippen molar-refractivity contribution in [1.82, 2.24) is 0 Å². The van der Waals surface area contributed by atoms with E-state index in [-0.39, 0.29) is 49.4 Å². The lowest BCUT2D eigenvalue weighted by Crippen LogP contribution is -2.77. The lowest BCUT2D eigenvalue weighted by molar-refractivity contribution is -0.263. The van der Waals surface area contributed by atoms with E-state index in [1.165, 1.54) is 15.9 Å². The Morgan fingerprint density at radius 3 is 1.53 bits per heavy atom. The fourth-order valence-corrected chi connectivity index (χ4v) is 18.8. The van der Waals surface area contributed by atoms with Gasteiger partial charge in [0.05, 0.1) is 0 Å². The van der Waals surface area contributed by atoms with Crippen LogP contribution in [-0.4, -0.2) is 7.38 Å². The molecule has 0 amide bonds. The minimum atomic E-state index is -2.96. The highest BCUT2D eigenvalue weighted by atomic mass is 35.6. The van der Waals surface area contributed by atoms with Crippen molar-refractivity contribution in [2.75, 3.05) is 0 Å². The second-order valence-corrected chi connectivity index (χ2v) is 20.4. The Balaban J connectivity index is 1.69. The van der Waals surface area contributed by atoms with Crippen molar-refractivity contribution in [3.8, 4) is 0 Å². The molecule has 5 aliphatic rings. The van der Waals surface area contributed by atoms with Gasteiger partial charge in [-0.05, 0) is 39.6 Å². The summed E-state index contributed by atoms with van der Waals surface area (Å²) in [7, 11) is -2.96. The Labute approximate surface area is 265 Å². The van der Waals surface area contributed by atoms with Crippen molar-refractivity contribution in [1.29, 1.82) is 0 Å². The van der Waals surface area contributed by atoms with Gasteiger partial charge in [0.25, 0.3) is 0 Å². The van der Waals surface area contributed by atoms with E-state index in [1.807, 2.05) is 0 Å². The predicted octanol–water partition coefficient (Wildman–Crippen LogP) is 9.81. The summed E-state index contributed by atoms with van der Waals surface area (Å²) in [6.45, 7) is 20.7. The average Bonchev–Trinajstić information content (AvgIpc) is 3.19. The van der Waals surface area contributed by atoms with Gasteiger partial charge in [0.1, 0.15) is 0 Å². The van der Waals surface area contributed by atoms with Crippen LogP contribution >= 0.6 is 11.1 Å². The monoisotopic (exact) mass is 602 g/mol. The highest BCUT2D eigenvalue weighted by Gasteiger charge is 2.88. The molecule has 0 aliphatic heterocycles. The first-order valence-corrected chi connectivity index (χ1v) is 19.2. The van der Waals surface area contributed by atoms with Gasteiger partial charge in [-0.2, -0.15) is 11.1 Å². The Hall–Kier alpha value is -2.61. The van der Waals surface area contributed by atoms with E-state index in [2.05, 4.69) is 183 Å². The minimum Gasteiger partial charge on any atom is -0.154 e. The number of allylic oxidation sites excluding steroid dienone is 12. The lowest BCUT2D eigenvalue weighted by Gasteiger charge is -2.80. The predicted molar refractivity (Wildman–Crippen MR) is 187 cm³/mol. The van der Waals surface area contributed by atoms with E-state index in [1.54, 1.807) is 0 Å². The number of rotatable bonds is 3. The molecule has 5 aliphatic carbocycles. The second-order valence-electron chi connectivity index (χ2n) is 15.5. The van der Waals surface area contributed by atoms with E-state index >= 15 is 0 Å². The van der Waals surface area contributed by atoms with Crippen molar-refractivity contribution in [3.05, 3.63) is 133 Å². The van der Waals surface area contributed by atoms with E-state index in [0.717, 1.165) is 0 Å². The molecule has 0 bridgehead atoms. The minimum absolute atomic E-state index is 0.122. The first kappa shape index (κ1) is 29.1. The molecule has 0 aromatic heterocycles. The molecule has 9 atom stereocenters. The third-order valence-electron chi connectivity index (χ3n) is 15.3. The molecule has 2 saturated carbocycles. The third-order valence-corrected chi connectivity index (χ3v) is 21.5. The molecule has 222 valence electrons. The van der Waals surface area contributed by atoms with Crippen LogP contribution in [0.3, 0.4) is 0 Å². The molecule has 0 spiro atoms. The molecule has 2 aromatic carbocycles. The lowest BCUT2D eigenvalue weighted by atomic mass is 9.23. The van der Waals surface area contributed by atoms with Gasteiger partial charge < -0.3 is 0 Å². The summed E-state index contributed by atoms with van der Waals surface area (Å²) in [6.07, 6.45) is 26.9. The molecule has 43 heavy (non-hydrogen) atoms. The zero-order valence-corrected chi connectivity index (χ0v) is 28.9. The van der Waals surface area contributed by atoms with Crippen molar-refractivity contribution in [2.45, 2.75) is 60.9 Å². The van der Waals surface area contributed by atoms with Crippen molar-refractivity contribution in [3.63, 3.8) is 0 Å². The van der Waals surface area contributed by atoms with Gasteiger partial charge in [-0.25, -0.2) is 0 Å². The fourth-order valence-electron chi connectivity index (χ4n) is 12.3. The van der Waals surface area contributed by atoms with E-state index < -0.39 is 7.38 Å². The van der Waals surface area contributed by atoms with Crippen molar-refractivity contribution < 1.29 is 0 Å². The molecule has 0 radical (unpaired) electrons. The van der Waals surface area contributed by atoms with Crippen LogP contribution in [0.5, 0.6) is 0 Å². The van der Waals surface area contributed by atoms with Crippen LogP contribution in [0, 0.1) is 43.8 Å². The zero-order valence-electron chi connectivity index (χ0n) is 27.2. The molecule has 7 rings (SSSR count). The van der Waals surface area contributed by atoms with E-state index in [0.29, 0.717) is 0 Å². The van der Waals surface area contributed by atoms with E-state index in [9.17, 15) is 0 Å². The molecule has 0 saturated heterocycles. The normalized spacial score (nSPS) is 45.7. The van der Waals surface area contributed by atoms with Gasteiger partial charge in [-0.15, -0.1) is 0 Å². The Bertz CT molecular complexity index is 1620. The largest absolute Gasteiger partial charge is 0.221 e. The van der Waals surface area contributed by atoms with Gasteiger partial charge in [0.2, 0.25) is 7.38 Å². The maximum Gasteiger partial charge on any atom is 0.221 e. The molecule has 9 unspecified atom stereocenters. The number of fused-ring (bicyclic) bond motifs is 8. The fraction of sp³-hybridized carbons (Fsp3) is 0.415. The summed E-state index contributed by atoms with van der Waals surface area (Å²) in [4.78, 5) is 0. The number of halogens is 1. The summed E-state index contributed by atoms with van der Waals surface area (Å²) in [5.41, 5.74) is 0.580. The van der Waals surface area contributed by atoms with Crippen LogP contribution in [0.4, 0.5) is 0 Å². The summed E-state index contributed by atoms with van der Waals surface area (Å²) in [5, 5.41) is 2.64. The first-order chi connectivity index (χ1) is 20.3. The van der Waals surface area contributed by atoms with Crippen LogP contribution < -0.4 is 10.4 Å². The van der Waals surface area contributed by atoms with Crippen molar-refractivity contribution >= 4 is 28.8 Å². The molecule has 0 nitrogen and oxygen atoms in total. The third kappa shape index (κ3) is 2.79. The molecule has 0 N–H and O–H groups in total. The average molecular weight is 603 g/mol. The van der Waals surface area contributed by atoms with Crippen LogP contribution in [0.2, 0.25) is 5.54 Å². The summed E-state index contributed by atoms with van der Waals surface area (Å²) in [6, 6.07) is 22.4. The summed E-state index contributed by atoms with van der Waals surface area (Å²) >= 11 is 8.70. The zero-order chi connectivity index (χ0) is 30.7. The number of hydrogen-bond donors (Lipinski definition) is 0. The Morgan fingerprint density at radius 1 is 0.581 bits per heavy atom. The molecule has 2 heteroatoms. The number of benzene rings is 2. The standard InChI is InChI=1S/C41H47ClSi/c1-30-20-19-25-33-34(43(42,31-21-11-9-12-22-31)32-23-13-10-14-24-32)40(7)37(4)28-17-15-26-35(37,2)36(3)27-16-18-29-38(36,5)41(40,8)39(30,33)6/h9-29,33-34H,1-8H3. The van der Waals surface area contributed by atoms with Crippen LogP contribution in [0.15, 0.2) is 133 Å². The Kier molecular flexibility index (Phi) is 5.93. The maximum atomic E-state index is 8.70. The van der Waals surface area contributed by atoms with Gasteiger partial charge in [-0.3, -0.25) is 0 Å². The molecule has 2 aromatic rings. The quantitative estimate of drug-likeness (QED) is 0.242. The summed E-state index contributed by atoms with van der Waals surface area (Å²) in [5.74, 6) is 0.274. The molecule has 2 fully saturated rings. The highest BCUT2D eigenvalue weighted by molar-refractivity contribution is 7.35. The Morgan fingerprint density at radius 2 is 1.02 bits per heavy atom. The van der Waals surface area contributed by atoms with Gasteiger partial charge in [-0.1, -0.05) is 182 Å².